The Morgan fingerprint density at radius 2 is 2.38 bits per heavy atom. The number of anilines is 1. The van der Waals surface area contributed by atoms with Crippen molar-refractivity contribution in [1.29, 1.82) is 0 Å². The number of terminal acetylenes is 1. The second-order valence-electron chi connectivity index (χ2n) is 5.72. The topological polar surface area (TPSA) is 128 Å². The first kappa shape index (κ1) is 16.4. The Hall–Kier alpha value is -2.41. The zero-order chi connectivity index (χ0) is 17.4. The fourth-order valence-corrected chi connectivity index (χ4v) is 2.97. The van der Waals surface area contributed by atoms with Crippen molar-refractivity contribution >= 4 is 17.1 Å². The summed E-state index contributed by atoms with van der Waals surface area (Å²) in [7, 11) is 0. The van der Waals surface area contributed by atoms with Crippen molar-refractivity contribution in [3.63, 3.8) is 0 Å². The van der Waals surface area contributed by atoms with Gasteiger partial charge in [-0.2, -0.15) is 4.98 Å². The standard InChI is InChI=1S/C15H19N5O4/c1-3-5-19-8-7-17-14(16)18-12(8)20(15(19)23)13-10(22)6-11(24-13)9(21)4-2/h1,7,9-11,13,21-22H,4-6H2,2H3,(H2,16,17,18)/t9-,10+,11-,13+/m0/s1. The highest BCUT2D eigenvalue weighted by Crippen LogP contribution is 2.32. The average Bonchev–Trinajstić information content (AvgIpc) is 3.05. The van der Waals surface area contributed by atoms with Gasteiger partial charge in [-0.25, -0.2) is 14.3 Å². The number of aliphatic hydroxyl groups excluding tert-OH is 2. The third kappa shape index (κ3) is 2.54. The Kier molecular flexibility index (Phi) is 4.28. The molecule has 0 amide bonds. The maximum Gasteiger partial charge on any atom is 0.333 e. The smallest absolute Gasteiger partial charge is 0.333 e. The molecule has 9 nitrogen and oxygen atoms in total. The van der Waals surface area contributed by atoms with Crippen LogP contribution in [0.4, 0.5) is 5.95 Å². The Labute approximate surface area is 137 Å². The minimum absolute atomic E-state index is 0.00765. The van der Waals surface area contributed by atoms with Gasteiger partial charge < -0.3 is 20.7 Å². The van der Waals surface area contributed by atoms with Crippen LogP contribution in [0.2, 0.25) is 0 Å². The Bertz CT molecular complexity index is 852. The number of ether oxygens (including phenoxy) is 1. The van der Waals surface area contributed by atoms with E-state index in [1.54, 1.807) is 0 Å². The summed E-state index contributed by atoms with van der Waals surface area (Å²) in [6.45, 7) is 1.84. The normalized spacial score (nSPS) is 25.0. The van der Waals surface area contributed by atoms with E-state index in [1.807, 2.05) is 6.92 Å². The number of hydrogen-bond donors (Lipinski definition) is 3. The molecule has 4 atom stereocenters. The second-order valence-corrected chi connectivity index (χ2v) is 5.72. The number of aliphatic hydroxyl groups is 2. The molecule has 9 heteroatoms. The summed E-state index contributed by atoms with van der Waals surface area (Å²) in [5.41, 5.74) is 5.79. The molecule has 3 heterocycles. The lowest BCUT2D eigenvalue weighted by molar-refractivity contribution is -0.0759. The number of hydrogen-bond acceptors (Lipinski definition) is 7. The quantitative estimate of drug-likeness (QED) is 0.627. The zero-order valence-corrected chi connectivity index (χ0v) is 13.2. The minimum Gasteiger partial charge on any atom is -0.390 e. The molecule has 1 aliphatic heterocycles. The highest BCUT2D eigenvalue weighted by Gasteiger charge is 2.40. The lowest BCUT2D eigenvalue weighted by Gasteiger charge is -2.18. The van der Waals surface area contributed by atoms with Gasteiger partial charge in [0.25, 0.3) is 0 Å². The summed E-state index contributed by atoms with van der Waals surface area (Å²) in [6.07, 6.45) is 4.21. The van der Waals surface area contributed by atoms with Gasteiger partial charge in [0.2, 0.25) is 5.95 Å². The van der Waals surface area contributed by atoms with Gasteiger partial charge in [-0.05, 0) is 6.42 Å². The Morgan fingerprint density at radius 3 is 3.04 bits per heavy atom. The third-order valence-electron chi connectivity index (χ3n) is 4.19. The predicted octanol–water partition coefficient (Wildman–Crippen LogP) is -0.772. The van der Waals surface area contributed by atoms with Crippen LogP contribution in [0.25, 0.3) is 11.2 Å². The molecule has 0 radical (unpaired) electrons. The molecule has 4 N–H and O–H groups in total. The van der Waals surface area contributed by atoms with Gasteiger partial charge in [-0.3, -0.25) is 4.57 Å². The molecule has 1 aliphatic rings. The van der Waals surface area contributed by atoms with Gasteiger partial charge in [0.05, 0.1) is 24.9 Å². The molecule has 128 valence electrons. The van der Waals surface area contributed by atoms with Gasteiger partial charge in [0.15, 0.2) is 11.9 Å². The van der Waals surface area contributed by atoms with Gasteiger partial charge in [0.1, 0.15) is 11.6 Å². The molecular formula is C15H19N5O4. The summed E-state index contributed by atoms with van der Waals surface area (Å²) in [4.78, 5) is 20.7. The molecular weight excluding hydrogens is 314 g/mol. The molecule has 2 aromatic rings. The van der Waals surface area contributed by atoms with Crippen molar-refractivity contribution in [1.82, 2.24) is 19.1 Å². The summed E-state index contributed by atoms with van der Waals surface area (Å²) in [5, 5.41) is 20.3. The molecule has 2 aromatic heterocycles. The van der Waals surface area contributed by atoms with E-state index < -0.39 is 30.2 Å². The zero-order valence-electron chi connectivity index (χ0n) is 13.2. The van der Waals surface area contributed by atoms with E-state index in [-0.39, 0.29) is 24.6 Å². The molecule has 0 bridgehead atoms. The maximum absolute atomic E-state index is 12.7. The van der Waals surface area contributed by atoms with Crippen LogP contribution in [-0.2, 0) is 11.3 Å². The number of rotatable bonds is 4. The van der Waals surface area contributed by atoms with Gasteiger partial charge in [-0.15, -0.1) is 6.42 Å². The fourth-order valence-electron chi connectivity index (χ4n) is 2.97. The number of nitrogen functional groups attached to an aromatic ring is 1. The monoisotopic (exact) mass is 333 g/mol. The maximum atomic E-state index is 12.7. The molecule has 0 aliphatic carbocycles. The number of imidazole rings is 1. The number of nitrogens with zero attached hydrogens (tertiary/aromatic N) is 4. The van der Waals surface area contributed by atoms with Crippen LogP contribution in [-0.4, -0.2) is 47.6 Å². The van der Waals surface area contributed by atoms with E-state index in [2.05, 4.69) is 15.9 Å². The van der Waals surface area contributed by atoms with E-state index in [9.17, 15) is 15.0 Å². The molecule has 0 saturated carbocycles. The van der Waals surface area contributed by atoms with E-state index >= 15 is 0 Å². The lowest BCUT2D eigenvalue weighted by atomic mass is 10.1. The number of fused-ring (bicyclic) bond motifs is 1. The van der Waals surface area contributed by atoms with Gasteiger partial charge in [0, 0.05) is 6.42 Å². The fraction of sp³-hybridized carbons (Fsp3) is 0.533. The molecule has 0 aromatic carbocycles. The van der Waals surface area contributed by atoms with Crippen LogP contribution < -0.4 is 11.4 Å². The lowest BCUT2D eigenvalue weighted by Crippen LogP contribution is -2.32. The third-order valence-corrected chi connectivity index (χ3v) is 4.19. The highest BCUT2D eigenvalue weighted by molar-refractivity contribution is 5.72. The van der Waals surface area contributed by atoms with E-state index in [0.717, 1.165) is 0 Å². The van der Waals surface area contributed by atoms with Crippen LogP contribution >= 0.6 is 0 Å². The second kappa shape index (κ2) is 6.24. The van der Waals surface area contributed by atoms with E-state index in [4.69, 9.17) is 16.9 Å². The largest absolute Gasteiger partial charge is 0.390 e. The van der Waals surface area contributed by atoms with Crippen LogP contribution in [0.5, 0.6) is 0 Å². The van der Waals surface area contributed by atoms with Crippen LogP contribution in [0.15, 0.2) is 11.0 Å². The Morgan fingerprint density at radius 1 is 1.62 bits per heavy atom. The summed E-state index contributed by atoms with van der Waals surface area (Å²) >= 11 is 0. The molecule has 3 rings (SSSR count). The molecule has 1 fully saturated rings. The van der Waals surface area contributed by atoms with E-state index in [0.29, 0.717) is 11.9 Å². The first-order valence-electron chi connectivity index (χ1n) is 7.66. The molecule has 0 spiro atoms. The first-order chi connectivity index (χ1) is 11.5. The molecule has 24 heavy (non-hydrogen) atoms. The van der Waals surface area contributed by atoms with Crippen LogP contribution in [0, 0.1) is 12.3 Å². The van der Waals surface area contributed by atoms with Crippen molar-refractivity contribution in [3.05, 3.63) is 16.7 Å². The highest BCUT2D eigenvalue weighted by atomic mass is 16.5. The van der Waals surface area contributed by atoms with Crippen molar-refractivity contribution in [2.75, 3.05) is 5.73 Å². The van der Waals surface area contributed by atoms with Crippen molar-refractivity contribution in [3.8, 4) is 12.3 Å². The van der Waals surface area contributed by atoms with Crippen LogP contribution in [0.1, 0.15) is 26.0 Å². The SMILES string of the molecule is C#CCn1c(=O)n([C@@H]2O[C@H]([C@@H](O)CC)C[C@H]2O)c2nc(N)ncc21. The van der Waals surface area contributed by atoms with Crippen molar-refractivity contribution in [2.45, 2.75) is 50.8 Å². The van der Waals surface area contributed by atoms with Crippen LogP contribution in [0.3, 0.4) is 0 Å². The van der Waals surface area contributed by atoms with Gasteiger partial charge in [-0.1, -0.05) is 12.8 Å². The summed E-state index contributed by atoms with van der Waals surface area (Å²) < 4.78 is 8.26. The molecule has 1 saturated heterocycles. The minimum atomic E-state index is -0.973. The van der Waals surface area contributed by atoms with Gasteiger partial charge >= 0.3 is 5.69 Å². The predicted molar refractivity (Wildman–Crippen MR) is 85.9 cm³/mol. The summed E-state index contributed by atoms with van der Waals surface area (Å²) in [5.74, 6) is 2.39. The average molecular weight is 333 g/mol. The van der Waals surface area contributed by atoms with E-state index in [1.165, 1.54) is 15.3 Å². The van der Waals surface area contributed by atoms with Crippen molar-refractivity contribution in [2.24, 2.45) is 0 Å². The van der Waals surface area contributed by atoms with Crippen molar-refractivity contribution < 1.29 is 14.9 Å². The Balaban J connectivity index is 2.13. The number of nitrogens with two attached hydrogens (primary N) is 1. The number of aromatic nitrogens is 4. The molecule has 0 unspecified atom stereocenters. The first-order valence-corrected chi connectivity index (χ1v) is 7.66. The summed E-state index contributed by atoms with van der Waals surface area (Å²) in [6, 6.07) is 0.